The Morgan fingerprint density at radius 2 is 1.77 bits per heavy atom. The second kappa shape index (κ2) is 9.50. The van der Waals surface area contributed by atoms with Crippen molar-refractivity contribution in [3.05, 3.63) is 71.2 Å². The number of halogens is 3. The van der Waals surface area contributed by atoms with Gasteiger partial charge in [-0.2, -0.15) is 18.3 Å². The molecule has 10 heteroatoms. The van der Waals surface area contributed by atoms with Gasteiger partial charge in [0.25, 0.3) is 0 Å². The van der Waals surface area contributed by atoms with Gasteiger partial charge in [0.2, 0.25) is 5.88 Å². The van der Waals surface area contributed by atoms with Gasteiger partial charge in [0, 0.05) is 36.6 Å². The van der Waals surface area contributed by atoms with Crippen LogP contribution >= 0.6 is 0 Å². The molecule has 0 unspecified atom stereocenters. The van der Waals surface area contributed by atoms with Gasteiger partial charge < -0.3 is 15.4 Å². The van der Waals surface area contributed by atoms with E-state index < -0.39 is 12.8 Å². The minimum Gasteiger partial charge on any atom is -0.468 e. The second-order valence-corrected chi connectivity index (χ2v) is 6.84. The first kappa shape index (κ1) is 22.1. The fraction of sp³-hybridized carbons (Fsp3) is 0.286. The molecule has 164 valence electrons. The van der Waals surface area contributed by atoms with Crippen molar-refractivity contribution >= 4 is 6.03 Å². The molecule has 3 aromatic rings. The van der Waals surface area contributed by atoms with E-state index in [1.807, 2.05) is 48.9 Å². The molecule has 0 fully saturated rings. The van der Waals surface area contributed by atoms with Crippen molar-refractivity contribution in [2.24, 2.45) is 0 Å². The Morgan fingerprint density at radius 3 is 2.42 bits per heavy atom. The third-order valence-electron chi connectivity index (χ3n) is 4.50. The predicted octanol–water partition coefficient (Wildman–Crippen LogP) is 3.82. The van der Waals surface area contributed by atoms with E-state index >= 15 is 0 Å². The molecular weight excluding hydrogens is 411 g/mol. The minimum atomic E-state index is -4.42. The first-order valence-electron chi connectivity index (χ1n) is 9.49. The monoisotopic (exact) mass is 433 g/mol. The van der Waals surface area contributed by atoms with Crippen LogP contribution in [0.15, 0.2) is 48.7 Å². The number of aromatic nitrogens is 3. The Morgan fingerprint density at radius 1 is 1.06 bits per heavy atom. The average Bonchev–Trinajstić information content (AvgIpc) is 3.03. The number of hydrogen-bond acceptors (Lipinski definition) is 4. The molecule has 2 heterocycles. The topological polar surface area (TPSA) is 81.1 Å². The van der Waals surface area contributed by atoms with E-state index in [-0.39, 0.29) is 18.5 Å². The highest BCUT2D eigenvalue weighted by atomic mass is 19.4. The predicted molar refractivity (Wildman–Crippen MR) is 108 cm³/mol. The molecule has 3 rings (SSSR count). The van der Waals surface area contributed by atoms with Crippen molar-refractivity contribution < 1.29 is 22.7 Å². The van der Waals surface area contributed by atoms with Crippen LogP contribution in [0, 0.1) is 13.8 Å². The third kappa shape index (κ3) is 6.21. The summed E-state index contributed by atoms with van der Waals surface area (Å²) in [7, 11) is 0. The molecule has 0 saturated carbocycles. The third-order valence-corrected chi connectivity index (χ3v) is 4.50. The lowest BCUT2D eigenvalue weighted by Gasteiger charge is -2.10. The van der Waals surface area contributed by atoms with Crippen molar-refractivity contribution in [3.63, 3.8) is 0 Å². The number of carbonyl (C=O) groups is 1. The van der Waals surface area contributed by atoms with Crippen molar-refractivity contribution in [1.82, 2.24) is 25.4 Å². The highest BCUT2D eigenvalue weighted by Gasteiger charge is 2.28. The zero-order valence-electron chi connectivity index (χ0n) is 17.0. The summed E-state index contributed by atoms with van der Waals surface area (Å²) >= 11 is 0. The summed E-state index contributed by atoms with van der Waals surface area (Å²) in [6.45, 7) is 2.89. The Kier molecular flexibility index (Phi) is 6.78. The average molecular weight is 433 g/mol. The summed E-state index contributed by atoms with van der Waals surface area (Å²) in [5.74, 6) is -0.132. The second-order valence-electron chi connectivity index (χ2n) is 6.84. The van der Waals surface area contributed by atoms with Gasteiger partial charge in [-0.1, -0.05) is 24.3 Å². The van der Waals surface area contributed by atoms with Gasteiger partial charge in [-0.15, -0.1) is 0 Å². The largest absolute Gasteiger partial charge is 0.468 e. The van der Waals surface area contributed by atoms with E-state index in [9.17, 15) is 18.0 Å². The van der Waals surface area contributed by atoms with Crippen LogP contribution in [0.5, 0.6) is 5.88 Å². The Hall–Kier alpha value is -3.56. The molecule has 2 amide bonds. The maximum atomic E-state index is 12.2. The number of nitrogens with one attached hydrogen (secondary N) is 2. The number of ether oxygens (including phenoxy) is 1. The number of alkyl halides is 3. The molecule has 0 atom stereocenters. The fourth-order valence-corrected chi connectivity index (χ4v) is 2.92. The van der Waals surface area contributed by atoms with Gasteiger partial charge >= 0.3 is 12.2 Å². The zero-order chi connectivity index (χ0) is 22.4. The van der Waals surface area contributed by atoms with Crippen molar-refractivity contribution in [2.45, 2.75) is 33.1 Å². The summed E-state index contributed by atoms with van der Waals surface area (Å²) < 4.78 is 42.8. The van der Waals surface area contributed by atoms with Crippen molar-refractivity contribution in [2.75, 3.05) is 6.61 Å². The van der Waals surface area contributed by atoms with E-state index in [4.69, 9.17) is 0 Å². The minimum absolute atomic E-state index is 0.132. The standard InChI is InChI=1S/C21H22F3N5O2/c1-14-18(15(2)29(28-14)17-6-4-3-5-7-17)12-27-20(30)26-11-16-8-9-19(25-10-16)31-13-21(22,23)24/h3-10H,11-13H2,1-2H3,(H2,26,27,30). The van der Waals surface area contributed by atoms with E-state index in [1.165, 1.54) is 18.3 Å². The Bertz CT molecular complexity index is 1020. The highest BCUT2D eigenvalue weighted by molar-refractivity contribution is 5.73. The van der Waals surface area contributed by atoms with Gasteiger partial charge in [0.15, 0.2) is 6.61 Å². The molecule has 2 N–H and O–H groups in total. The number of pyridine rings is 1. The van der Waals surface area contributed by atoms with Gasteiger partial charge in [0.1, 0.15) is 0 Å². The molecule has 0 aliphatic rings. The summed E-state index contributed by atoms with van der Waals surface area (Å²) in [6, 6.07) is 12.2. The summed E-state index contributed by atoms with van der Waals surface area (Å²) in [5.41, 5.74) is 4.24. The maximum Gasteiger partial charge on any atom is 0.422 e. The molecule has 0 bridgehead atoms. The van der Waals surface area contributed by atoms with Crippen molar-refractivity contribution in [3.8, 4) is 11.6 Å². The van der Waals surface area contributed by atoms with Gasteiger partial charge in [0.05, 0.1) is 11.4 Å². The molecule has 2 aromatic heterocycles. The van der Waals surface area contributed by atoms with E-state index in [0.717, 1.165) is 22.6 Å². The number of amides is 2. The van der Waals surface area contributed by atoms with Crippen LogP contribution in [0.2, 0.25) is 0 Å². The summed E-state index contributed by atoms with van der Waals surface area (Å²) in [4.78, 5) is 16.0. The molecule has 0 spiro atoms. The van der Waals surface area contributed by atoms with Crippen LogP contribution in [0.1, 0.15) is 22.5 Å². The smallest absolute Gasteiger partial charge is 0.422 e. The summed E-state index contributed by atoms with van der Waals surface area (Å²) in [6.07, 6.45) is -3.07. The number of hydrogen-bond donors (Lipinski definition) is 2. The van der Waals surface area contributed by atoms with Gasteiger partial charge in [-0.3, -0.25) is 0 Å². The number of benzene rings is 1. The van der Waals surface area contributed by atoms with E-state index in [0.29, 0.717) is 12.1 Å². The molecule has 0 saturated heterocycles. The Labute approximate surface area is 177 Å². The van der Waals surface area contributed by atoms with Crippen LogP contribution in [0.25, 0.3) is 5.69 Å². The number of nitrogens with zero attached hydrogens (tertiary/aromatic N) is 3. The zero-order valence-corrected chi connectivity index (χ0v) is 17.0. The SMILES string of the molecule is Cc1nn(-c2ccccc2)c(C)c1CNC(=O)NCc1ccc(OCC(F)(F)F)nc1. The number of para-hydroxylation sites is 1. The molecule has 0 radical (unpaired) electrons. The lowest BCUT2D eigenvalue weighted by Crippen LogP contribution is -2.34. The molecule has 1 aromatic carbocycles. The van der Waals surface area contributed by atoms with Crippen LogP contribution in [0.3, 0.4) is 0 Å². The first-order valence-corrected chi connectivity index (χ1v) is 9.49. The van der Waals surface area contributed by atoms with Gasteiger partial charge in [-0.25, -0.2) is 14.5 Å². The van der Waals surface area contributed by atoms with E-state index in [1.54, 1.807) is 0 Å². The number of urea groups is 1. The molecular formula is C21H22F3N5O2. The molecule has 31 heavy (non-hydrogen) atoms. The fourth-order valence-electron chi connectivity index (χ4n) is 2.92. The van der Waals surface area contributed by atoms with Crippen LogP contribution < -0.4 is 15.4 Å². The van der Waals surface area contributed by atoms with E-state index in [2.05, 4.69) is 25.5 Å². The molecule has 0 aliphatic carbocycles. The normalized spacial score (nSPS) is 11.3. The molecule has 7 nitrogen and oxygen atoms in total. The van der Waals surface area contributed by atoms with Crippen LogP contribution in [-0.4, -0.2) is 33.6 Å². The molecule has 0 aliphatic heterocycles. The van der Waals surface area contributed by atoms with Crippen LogP contribution in [-0.2, 0) is 13.1 Å². The number of carbonyl (C=O) groups excluding carboxylic acids is 1. The summed E-state index contributed by atoms with van der Waals surface area (Å²) in [5, 5.41) is 10.0. The lowest BCUT2D eigenvalue weighted by molar-refractivity contribution is -0.154. The number of rotatable bonds is 7. The number of aryl methyl sites for hydroxylation is 1. The van der Waals surface area contributed by atoms with Crippen molar-refractivity contribution in [1.29, 1.82) is 0 Å². The first-order chi connectivity index (χ1) is 14.7. The Balaban J connectivity index is 1.50. The van der Waals surface area contributed by atoms with Gasteiger partial charge in [-0.05, 0) is 31.5 Å². The maximum absolute atomic E-state index is 12.2. The quantitative estimate of drug-likeness (QED) is 0.594. The highest BCUT2D eigenvalue weighted by Crippen LogP contribution is 2.18. The van der Waals surface area contributed by atoms with Crippen LogP contribution in [0.4, 0.5) is 18.0 Å². The lowest BCUT2D eigenvalue weighted by atomic mass is 10.2.